The third-order valence-electron chi connectivity index (χ3n) is 3.81. The van der Waals surface area contributed by atoms with E-state index >= 15 is 0 Å². The van der Waals surface area contributed by atoms with Gasteiger partial charge in [0.15, 0.2) is 0 Å². The van der Waals surface area contributed by atoms with Crippen molar-refractivity contribution in [3.8, 4) is 0 Å². The number of amides is 2. The van der Waals surface area contributed by atoms with Crippen molar-refractivity contribution in [1.29, 1.82) is 0 Å². The molecule has 2 rings (SSSR count). The van der Waals surface area contributed by atoms with Crippen LogP contribution >= 0.6 is 24.0 Å². The Morgan fingerprint density at radius 3 is 2.67 bits per heavy atom. The van der Waals surface area contributed by atoms with Crippen LogP contribution in [0, 0.1) is 0 Å². The first kappa shape index (κ1) is 20.9. The van der Waals surface area contributed by atoms with Crippen LogP contribution in [0.1, 0.15) is 25.3 Å². The number of rotatable bonds is 8. The second kappa shape index (κ2) is 10.0. The van der Waals surface area contributed by atoms with Crippen LogP contribution < -0.4 is 5.32 Å². The molecule has 27 heavy (non-hydrogen) atoms. The van der Waals surface area contributed by atoms with E-state index in [-0.39, 0.29) is 18.9 Å². The summed E-state index contributed by atoms with van der Waals surface area (Å²) >= 11 is 6.40. The summed E-state index contributed by atoms with van der Waals surface area (Å²) in [7, 11) is 0. The molecule has 1 heterocycles. The Kier molecular flexibility index (Phi) is 7.75. The van der Waals surface area contributed by atoms with E-state index in [1.165, 1.54) is 16.7 Å². The highest BCUT2D eigenvalue weighted by atomic mass is 32.2. The number of carbonyl (C=O) groups excluding carboxylic acids is 2. The highest BCUT2D eigenvalue weighted by molar-refractivity contribution is 8.26. The summed E-state index contributed by atoms with van der Waals surface area (Å²) in [5.74, 6) is -1.75. The van der Waals surface area contributed by atoms with Crippen LogP contribution in [0.15, 0.2) is 47.4 Å². The number of thiocarbonyl (C=S) groups is 1. The Hall–Kier alpha value is -2.45. The van der Waals surface area contributed by atoms with Crippen LogP contribution in [0.25, 0.3) is 6.08 Å². The SMILES string of the molecule is CCC(NC(=O)CCN1C(=O)C(=CC=Cc2ccccc2)SC1=S)C(=O)O. The van der Waals surface area contributed by atoms with Gasteiger partial charge in [0, 0.05) is 13.0 Å². The van der Waals surface area contributed by atoms with Crippen LogP contribution in [0.2, 0.25) is 0 Å². The Labute approximate surface area is 167 Å². The molecule has 0 bridgehead atoms. The van der Waals surface area contributed by atoms with E-state index in [4.69, 9.17) is 17.3 Å². The fourth-order valence-corrected chi connectivity index (χ4v) is 3.60. The Balaban J connectivity index is 1.91. The molecule has 1 aliphatic rings. The molecular formula is C19H20N2O4S2. The number of allylic oxidation sites excluding steroid dienone is 2. The number of nitrogens with zero attached hydrogens (tertiary/aromatic N) is 1. The summed E-state index contributed by atoms with van der Waals surface area (Å²) in [5, 5.41) is 11.4. The van der Waals surface area contributed by atoms with E-state index < -0.39 is 17.9 Å². The lowest BCUT2D eigenvalue weighted by atomic mass is 10.2. The lowest BCUT2D eigenvalue weighted by Crippen LogP contribution is -2.42. The molecule has 1 unspecified atom stereocenters. The summed E-state index contributed by atoms with van der Waals surface area (Å²) in [6.07, 6.45) is 5.65. The normalized spacial score (nSPS) is 16.9. The van der Waals surface area contributed by atoms with Gasteiger partial charge < -0.3 is 10.4 Å². The molecule has 8 heteroatoms. The zero-order chi connectivity index (χ0) is 19.8. The third kappa shape index (κ3) is 6.04. The number of thioether (sulfide) groups is 1. The fraction of sp³-hybridized carbons (Fsp3) is 0.263. The Morgan fingerprint density at radius 2 is 2.04 bits per heavy atom. The van der Waals surface area contributed by atoms with Crippen molar-refractivity contribution in [2.24, 2.45) is 0 Å². The molecule has 1 aromatic rings. The van der Waals surface area contributed by atoms with Gasteiger partial charge in [0.05, 0.1) is 4.91 Å². The third-order valence-corrected chi connectivity index (χ3v) is 5.21. The average Bonchev–Trinajstić information content (AvgIpc) is 2.92. The topological polar surface area (TPSA) is 86.7 Å². The van der Waals surface area contributed by atoms with Crippen molar-refractivity contribution in [2.75, 3.05) is 6.54 Å². The van der Waals surface area contributed by atoms with Gasteiger partial charge in [-0.3, -0.25) is 14.5 Å². The lowest BCUT2D eigenvalue weighted by Gasteiger charge is -2.16. The van der Waals surface area contributed by atoms with Crippen molar-refractivity contribution >= 4 is 52.2 Å². The predicted molar refractivity (Wildman–Crippen MR) is 110 cm³/mol. The first-order valence-electron chi connectivity index (χ1n) is 8.41. The smallest absolute Gasteiger partial charge is 0.326 e. The molecule has 0 spiro atoms. The molecule has 0 aliphatic carbocycles. The van der Waals surface area contributed by atoms with E-state index in [2.05, 4.69) is 5.32 Å². The molecule has 1 saturated heterocycles. The van der Waals surface area contributed by atoms with Crippen molar-refractivity contribution in [2.45, 2.75) is 25.8 Å². The van der Waals surface area contributed by atoms with Gasteiger partial charge in [0.25, 0.3) is 5.91 Å². The quantitative estimate of drug-likeness (QED) is 0.512. The minimum absolute atomic E-state index is 0.0106. The molecular weight excluding hydrogens is 384 g/mol. The largest absolute Gasteiger partial charge is 0.480 e. The van der Waals surface area contributed by atoms with Crippen LogP contribution in [-0.4, -0.2) is 44.7 Å². The zero-order valence-corrected chi connectivity index (χ0v) is 16.4. The number of hydrogen-bond donors (Lipinski definition) is 2. The number of nitrogens with one attached hydrogen (secondary N) is 1. The minimum atomic E-state index is -1.08. The first-order valence-corrected chi connectivity index (χ1v) is 9.64. The molecule has 6 nitrogen and oxygen atoms in total. The van der Waals surface area contributed by atoms with E-state index in [9.17, 15) is 14.4 Å². The van der Waals surface area contributed by atoms with Crippen molar-refractivity contribution < 1.29 is 19.5 Å². The second-order valence-electron chi connectivity index (χ2n) is 5.74. The number of aliphatic carboxylic acids is 1. The number of benzene rings is 1. The lowest BCUT2D eigenvalue weighted by molar-refractivity contribution is -0.142. The summed E-state index contributed by atoms with van der Waals surface area (Å²) in [6, 6.07) is 8.77. The zero-order valence-electron chi connectivity index (χ0n) is 14.8. The van der Waals surface area contributed by atoms with Gasteiger partial charge in [0.1, 0.15) is 10.4 Å². The van der Waals surface area contributed by atoms with E-state index in [0.29, 0.717) is 15.6 Å². The molecule has 0 aromatic heterocycles. The standard InChI is InChI=1S/C19H20N2O4S2/c1-2-14(18(24)25)20-16(22)11-12-21-17(23)15(27-19(21)26)10-6-9-13-7-4-3-5-8-13/h3-10,14H,2,11-12H2,1H3,(H,20,22)(H,24,25). The minimum Gasteiger partial charge on any atom is -0.480 e. The summed E-state index contributed by atoms with van der Waals surface area (Å²) in [5.41, 5.74) is 1.02. The van der Waals surface area contributed by atoms with Gasteiger partial charge in [-0.25, -0.2) is 4.79 Å². The maximum absolute atomic E-state index is 12.4. The van der Waals surface area contributed by atoms with Crippen LogP contribution in [0.4, 0.5) is 0 Å². The maximum Gasteiger partial charge on any atom is 0.326 e. The maximum atomic E-state index is 12.4. The van der Waals surface area contributed by atoms with Crippen LogP contribution in [0.5, 0.6) is 0 Å². The Morgan fingerprint density at radius 1 is 1.33 bits per heavy atom. The molecule has 1 fully saturated rings. The van der Waals surface area contributed by atoms with Gasteiger partial charge in [-0.15, -0.1) is 0 Å². The molecule has 142 valence electrons. The van der Waals surface area contributed by atoms with E-state index in [0.717, 1.165) is 5.56 Å². The first-order chi connectivity index (χ1) is 12.9. The van der Waals surface area contributed by atoms with Crippen LogP contribution in [-0.2, 0) is 14.4 Å². The summed E-state index contributed by atoms with van der Waals surface area (Å²) in [4.78, 5) is 37.2. The molecule has 1 aromatic carbocycles. The van der Waals surface area contributed by atoms with Gasteiger partial charge in [-0.05, 0) is 18.1 Å². The molecule has 2 N–H and O–H groups in total. The van der Waals surface area contributed by atoms with Gasteiger partial charge in [-0.1, -0.05) is 73.4 Å². The highest BCUT2D eigenvalue weighted by Crippen LogP contribution is 2.31. The van der Waals surface area contributed by atoms with Gasteiger partial charge in [-0.2, -0.15) is 0 Å². The number of carboxylic acid groups (broad SMARTS) is 1. The van der Waals surface area contributed by atoms with Crippen molar-refractivity contribution in [1.82, 2.24) is 10.2 Å². The highest BCUT2D eigenvalue weighted by Gasteiger charge is 2.31. The monoisotopic (exact) mass is 404 g/mol. The van der Waals surface area contributed by atoms with Crippen molar-refractivity contribution in [3.63, 3.8) is 0 Å². The number of carboxylic acids is 1. The second-order valence-corrected chi connectivity index (χ2v) is 7.42. The fourth-order valence-electron chi connectivity index (χ4n) is 2.34. The molecule has 1 atom stereocenters. The summed E-state index contributed by atoms with van der Waals surface area (Å²) in [6.45, 7) is 1.79. The average molecular weight is 405 g/mol. The Bertz CT molecular complexity index is 790. The number of hydrogen-bond acceptors (Lipinski definition) is 5. The van der Waals surface area contributed by atoms with E-state index in [1.807, 2.05) is 36.4 Å². The molecule has 0 saturated carbocycles. The molecule has 2 amide bonds. The van der Waals surface area contributed by atoms with Gasteiger partial charge in [0.2, 0.25) is 5.91 Å². The number of carbonyl (C=O) groups is 3. The molecule has 0 radical (unpaired) electrons. The van der Waals surface area contributed by atoms with Crippen molar-refractivity contribution in [3.05, 3.63) is 53.0 Å². The summed E-state index contributed by atoms with van der Waals surface area (Å²) < 4.78 is 0.387. The van der Waals surface area contributed by atoms with Gasteiger partial charge >= 0.3 is 5.97 Å². The molecule has 1 aliphatic heterocycles. The van der Waals surface area contributed by atoms with E-state index in [1.54, 1.807) is 19.1 Å². The van der Waals surface area contributed by atoms with Crippen LogP contribution in [0.3, 0.4) is 0 Å². The predicted octanol–water partition coefficient (Wildman–Crippen LogP) is 2.81.